The number of aryl methyl sites for hydroxylation is 2. The quantitative estimate of drug-likeness (QED) is 0.251. The summed E-state index contributed by atoms with van der Waals surface area (Å²) >= 11 is 0. The van der Waals surface area contributed by atoms with E-state index in [4.69, 9.17) is 9.47 Å². The first kappa shape index (κ1) is 31.9. The van der Waals surface area contributed by atoms with E-state index in [1.165, 1.54) is 19.2 Å². The van der Waals surface area contributed by atoms with Crippen molar-refractivity contribution < 1.29 is 30.3 Å². The molecule has 9 nitrogen and oxygen atoms in total. The van der Waals surface area contributed by atoms with Gasteiger partial charge < -0.3 is 16.9 Å². The molecule has 42 heavy (non-hydrogen) atoms. The number of ether oxygens (including phenoxy) is 2. The molecule has 11 heteroatoms. The molecule has 0 unspecified atom stereocenters. The zero-order valence-electron chi connectivity index (χ0n) is 26.0. The van der Waals surface area contributed by atoms with Gasteiger partial charge in [0.05, 0.1) is 12.0 Å². The molecule has 5 rings (SSSR count). The Morgan fingerprint density at radius 3 is 2.48 bits per heavy atom. The minimum atomic E-state index is -4.04. The second-order valence-electron chi connectivity index (χ2n) is 10.3. The summed E-state index contributed by atoms with van der Waals surface area (Å²) < 4.78 is 40.9. The second kappa shape index (κ2) is 13.5. The van der Waals surface area contributed by atoms with Gasteiger partial charge in [-0.3, -0.25) is 10.1 Å². The van der Waals surface area contributed by atoms with Gasteiger partial charge in [0.2, 0.25) is 0 Å². The molecule has 1 heterocycles. The summed E-state index contributed by atoms with van der Waals surface area (Å²) in [6.45, 7) is 1.67. The number of carbonyl (C=O) groups is 2. The number of fused-ring (bicyclic) bond motifs is 1. The van der Waals surface area contributed by atoms with Crippen molar-refractivity contribution in [3.05, 3.63) is 89.1 Å². The Morgan fingerprint density at radius 2 is 1.76 bits per heavy atom. The van der Waals surface area contributed by atoms with Crippen LogP contribution < -0.4 is 14.8 Å². The summed E-state index contributed by atoms with van der Waals surface area (Å²) in [5.41, 5.74) is 4.14. The van der Waals surface area contributed by atoms with Gasteiger partial charge in [-0.25, -0.2) is 17.9 Å². The number of sulfonamides is 1. The van der Waals surface area contributed by atoms with Gasteiger partial charge in [0.15, 0.2) is 0 Å². The monoisotopic (exact) mass is 617 g/mol. The Bertz CT molecular complexity index is 1740. The molecule has 0 atom stereocenters. The zero-order chi connectivity index (χ0) is 29.1. The summed E-state index contributed by atoms with van der Waals surface area (Å²) in [4.78, 5) is 25.4. The minimum Gasteiger partial charge on any atom is -1.00 e. The van der Waals surface area contributed by atoms with Crippen LogP contribution in [-0.2, 0) is 28.2 Å². The molecule has 2 amide bonds. The fourth-order valence-electron chi connectivity index (χ4n) is 5.33. The fraction of sp³-hybridized carbons (Fsp3) is 0.290. The first-order chi connectivity index (χ1) is 19.6. The van der Waals surface area contributed by atoms with Gasteiger partial charge in [-0.05, 0) is 85.7 Å². The number of rotatable bonds is 8. The first-order valence-corrected chi connectivity index (χ1v) is 15.0. The Kier molecular flexibility index (Phi) is 10.2. The topological polar surface area (TPSA) is 116 Å². The molecule has 1 fully saturated rings. The van der Waals surface area contributed by atoms with E-state index in [1.54, 1.807) is 37.3 Å². The molecule has 3 aromatic carbocycles. The van der Waals surface area contributed by atoms with Crippen LogP contribution in [-0.4, -0.2) is 75.9 Å². The van der Waals surface area contributed by atoms with Crippen molar-refractivity contribution in [1.29, 1.82) is 0 Å². The van der Waals surface area contributed by atoms with Gasteiger partial charge in [0.25, 0.3) is 15.9 Å². The van der Waals surface area contributed by atoms with Crippen molar-refractivity contribution in [3.8, 4) is 5.75 Å². The molecule has 0 aliphatic heterocycles. The summed E-state index contributed by atoms with van der Waals surface area (Å²) in [7, 11) is -0.583. The Balaban J connectivity index is 0.00000225. The average Bonchev–Trinajstić information content (AvgIpc) is 3.56. The fourth-order valence-corrected chi connectivity index (χ4v) is 6.55. The number of benzene rings is 3. The van der Waals surface area contributed by atoms with Crippen molar-refractivity contribution >= 4 is 76.4 Å². The molecule has 2 N–H and O–H groups in total. The molecule has 4 aromatic rings. The van der Waals surface area contributed by atoms with Gasteiger partial charge in [0.1, 0.15) is 11.9 Å². The van der Waals surface area contributed by atoms with Crippen LogP contribution >= 0.6 is 0 Å². The number of amides is 2. The maximum Gasteiger partial charge on any atom is 2.00 e. The third-order valence-corrected chi connectivity index (χ3v) is 8.93. The van der Waals surface area contributed by atoms with Crippen LogP contribution in [0.3, 0.4) is 0 Å². The smallest absolute Gasteiger partial charge is 1.00 e. The van der Waals surface area contributed by atoms with Crippen molar-refractivity contribution in [1.82, 2.24) is 9.29 Å². The van der Waals surface area contributed by atoms with Crippen molar-refractivity contribution in [2.24, 2.45) is 7.05 Å². The Labute approximate surface area is 278 Å². The van der Waals surface area contributed by atoms with Crippen LogP contribution in [0, 0.1) is 6.92 Å². The van der Waals surface area contributed by atoms with Crippen LogP contribution in [0.2, 0.25) is 0 Å². The molecule has 1 saturated carbocycles. The molecule has 0 spiro atoms. The maximum absolute atomic E-state index is 12.9. The van der Waals surface area contributed by atoms with Crippen LogP contribution in [0.4, 0.5) is 10.5 Å². The van der Waals surface area contributed by atoms with E-state index in [9.17, 15) is 18.0 Å². The van der Waals surface area contributed by atoms with E-state index in [1.807, 2.05) is 36.0 Å². The molecule has 1 aromatic heterocycles. The summed E-state index contributed by atoms with van der Waals surface area (Å²) in [6.07, 6.45) is 6.00. The van der Waals surface area contributed by atoms with E-state index in [-0.39, 0.29) is 57.2 Å². The molecule has 0 bridgehead atoms. The summed E-state index contributed by atoms with van der Waals surface area (Å²) in [6, 6.07) is 17.1. The molecule has 0 radical (unpaired) electrons. The molecular formula is C31H35CaN3O6S. The normalized spacial score (nSPS) is 13.4. The number of hydrogen-bond acceptors (Lipinski definition) is 6. The van der Waals surface area contributed by atoms with Crippen LogP contribution in [0.1, 0.15) is 55.6 Å². The standard InChI is InChI=1S/C31H33N3O6S.Ca.2H/c1-20-8-4-7-11-29(20)41(37,38)33-30(35)22-13-12-21(28(17-22)39-3)16-23-19-34(2)27-15-14-24(18-26(23)27)32-31(36)40-25-9-5-6-10-25;;;/h4,7-8,11-15,17-19,25H,5-6,9-10,16H2,1-3H3,(H,32,36)(H,33,35);;;/q;+2;2*-1. The van der Waals surface area contributed by atoms with Gasteiger partial charge >= 0.3 is 43.8 Å². The number of nitrogens with zero attached hydrogens (tertiary/aromatic N) is 1. The van der Waals surface area contributed by atoms with Crippen molar-refractivity contribution in [3.63, 3.8) is 0 Å². The first-order valence-electron chi connectivity index (χ1n) is 13.5. The molecule has 218 valence electrons. The maximum atomic E-state index is 12.9. The van der Waals surface area contributed by atoms with E-state index in [0.717, 1.165) is 47.7 Å². The third-order valence-electron chi connectivity index (χ3n) is 7.43. The van der Waals surface area contributed by atoms with Crippen molar-refractivity contribution in [2.75, 3.05) is 12.4 Å². The Hall–Kier alpha value is -3.05. The number of aromatic nitrogens is 1. The van der Waals surface area contributed by atoms with E-state index >= 15 is 0 Å². The Morgan fingerprint density at radius 1 is 1.02 bits per heavy atom. The molecule has 0 saturated heterocycles. The van der Waals surface area contributed by atoms with E-state index < -0.39 is 22.0 Å². The number of anilines is 1. The molecule has 1 aliphatic carbocycles. The zero-order valence-corrected chi connectivity index (χ0v) is 27.0. The third kappa shape index (κ3) is 7.11. The summed E-state index contributed by atoms with van der Waals surface area (Å²) in [5.74, 6) is -0.291. The van der Waals surface area contributed by atoms with Gasteiger partial charge in [-0.15, -0.1) is 0 Å². The average molecular weight is 618 g/mol. The van der Waals surface area contributed by atoms with Crippen LogP contribution in [0.15, 0.2) is 71.8 Å². The summed E-state index contributed by atoms with van der Waals surface area (Å²) in [5, 5.41) is 3.81. The van der Waals surface area contributed by atoms with E-state index in [2.05, 4.69) is 10.0 Å². The van der Waals surface area contributed by atoms with Gasteiger partial charge in [-0.2, -0.15) is 0 Å². The molecule has 1 aliphatic rings. The van der Waals surface area contributed by atoms with E-state index in [0.29, 0.717) is 23.4 Å². The minimum absolute atomic E-state index is 0. The number of carbonyl (C=O) groups excluding carboxylic acids is 2. The predicted octanol–water partition coefficient (Wildman–Crippen LogP) is 5.54. The van der Waals surface area contributed by atoms with Crippen LogP contribution in [0.5, 0.6) is 5.75 Å². The number of hydrogen-bond donors (Lipinski definition) is 2. The number of methoxy groups -OCH3 is 1. The van der Waals surface area contributed by atoms with Crippen LogP contribution in [0.25, 0.3) is 10.9 Å². The second-order valence-corrected chi connectivity index (χ2v) is 12.0. The van der Waals surface area contributed by atoms with Gasteiger partial charge in [0, 0.05) is 41.8 Å². The predicted molar refractivity (Wildman–Crippen MR) is 165 cm³/mol. The number of nitrogens with one attached hydrogen (secondary N) is 2. The van der Waals surface area contributed by atoms with Crippen molar-refractivity contribution in [2.45, 2.75) is 50.0 Å². The SMILES string of the molecule is COc1cc(C(=O)NS(=O)(=O)c2ccccc2C)ccc1Cc1cn(C)c2ccc(NC(=O)OC3CCCC3)cc12.[Ca+2].[H-].[H-]. The van der Waals surface area contributed by atoms with Gasteiger partial charge in [-0.1, -0.05) is 24.3 Å². The largest absolute Gasteiger partial charge is 2.00 e. The molecular weight excluding hydrogens is 583 g/mol.